The normalized spacial score (nSPS) is 30.6. The van der Waals surface area contributed by atoms with Gasteiger partial charge in [-0.25, -0.2) is 4.98 Å². The highest BCUT2D eigenvalue weighted by atomic mass is 32.1. The van der Waals surface area contributed by atoms with Crippen LogP contribution >= 0.6 is 11.3 Å². The van der Waals surface area contributed by atoms with Gasteiger partial charge >= 0.3 is 0 Å². The van der Waals surface area contributed by atoms with E-state index in [2.05, 4.69) is 15.7 Å². The van der Waals surface area contributed by atoms with Crippen LogP contribution in [0.2, 0.25) is 0 Å². The Morgan fingerprint density at radius 2 is 2.31 bits per heavy atom. The molecule has 0 amide bonds. The van der Waals surface area contributed by atoms with Crippen LogP contribution in [0.15, 0.2) is 11.6 Å². The highest BCUT2D eigenvalue weighted by Crippen LogP contribution is 2.52. The number of hydrogen-bond donors (Lipinski definition) is 1. The third-order valence-corrected chi connectivity index (χ3v) is 4.41. The van der Waals surface area contributed by atoms with Crippen molar-refractivity contribution in [3.05, 3.63) is 16.6 Å². The smallest absolute Gasteiger partial charge is 0.110 e. The van der Waals surface area contributed by atoms with E-state index in [0.29, 0.717) is 11.5 Å². The molecule has 2 fully saturated rings. The summed E-state index contributed by atoms with van der Waals surface area (Å²) in [5.41, 5.74) is 0.595. The van der Waals surface area contributed by atoms with Gasteiger partial charge in [-0.15, -0.1) is 11.3 Å². The molecule has 13 heavy (non-hydrogen) atoms. The minimum absolute atomic E-state index is 0.579. The minimum atomic E-state index is 0.579. The van der Waals surface area contributed by atoms with Gasteiger partial charge in [-0.1, -0.05) is 12.8 Å². The molecular formula is C10H14N2S. The Kier molecular flexibility index (Phi) is 1.70. The van der Waals surface area contributed by atoms with Crippen molar-refractivity contribution in [1.29, 1.82) is 0 Å². The summed E-state index contributed by atoms with van der Waals surface area (Å²) in [7, 11) is 0. The number of nitrogens with one attached hydrogen (secondary N) is 1. The van der Waals surface area contributed by atoms with E-state index in [9.17, 15) is 0 Å². The lowest BCUT2D eigenvalue weighted by molar-refractivity contribution is 0.0892. The van der Waals surface area contributed by atoms with Gasteiger partial charge < -0.3 is 5.32 Å². The summed E-state index contributed by atoms with van der Waals surface area (Å²) in [4.78, 5) is 4.41. The maximum absolute atomic E-state index is 4.41. The molecule has 1 saturated carbocycles. The number of thiazole rings is 1. The van der Waals surface area contributed by atoms with Gasteiger partial charge in [-0.2, -0.15) is 0 Å². The quantitative estimate of drug-likeness (QED) is 0.742. The van der Waals surface area contributed by atoms with Crippen LogP contribution in [0, 0.1) is 5.41 Å². The third-order valence-electron chi connectivity index (χ3n) is 3.57. The van der Waals surface area contributed by atoms with Gasteiger partial charge in [0.25, 0.3) is 0 Å². The number of hydrogen-bond acceptors (Lipinski definition) is 3. The molecule has 1 atom stereocenters. The summed E-state index contributed by atoms with van der Waals surface area (Å²) in [6.07, 6.45) is 7.57. The molecular weight excluding hydrogens is 180 g/mol. The van der Waals surface area contributed by atoms with E-state index >= 15 is 0 Å². The number of rotatable bonds is 1. The van der Waals surface area contributed by atoms with Crippen molar-refractivity contribution in [2.45, 2.75) is 31.7 Å². The molecule has 3 rings (SSSR count). The highest BCUT2D eigenvalue weighted by Gasteiger charge is 2.49. The third kappa shape index (κ3) is 1.07. The summed E-state index contributed by atoms with van der Waals surface area (Å²) < 4.78 is 0. The Balaban J connectivity index is 1.86. The molecule has 1 aromatic heterocycles. The molecule has 1 spiro atoms. The summed E-state index contributed by atoms with van der Waals surface area (Å²) >= 11 is 1.79. The molecule has 3 heteroatoms. The standard InChI is InChI=1S/C10H14N2S/c1-2-4-10(3-1)7-12-8(10)9-11-5-6-13-9/h5-6,8,12H,1-4,7H2. The van der Waals surface area contributed by atoms with Gasteiger partial charge in [0.1, 0.15) is 5.01 Å². The zero-order valence-corrected chi connectivity index (χ0v) is 8.44. The van der Waals surface area contributed by atoms with Crippen LogP contribution in [0.25, 0.3) is 0 Å². The van der Waals surface area contributed by atoms with Crippen LogP contribution in [0.1, 0.15) is 36.7 Å². The lowest BCUT2D eigenvalue weighted by Gasteiger charge is -2.47. The predicted molar refractivity (Wildman–Crippen MR) is 53.8 cm³/mol. The maximum atomic E-state index is 4.41. The SMILES string of the molecule is c1csc(C2NCC23CCCC3)n1. The van der Waals surface area contributed by atoms with Crippen molar-refractivity contribution < 1.29 is 0 Å². The lowest BCUT2D eigenvalue weighted by atomic mass is 9.72. The average Bonchev–Trinajstić information content (AvgIpc) is 2.72. The van der Waals surface area contributed by atoms with Gasteiger partial charge in [0.15, 0.2) is 0 Å². The molecule has 0 bridgehead atoms. The average molecular weight is 194 g/mol. The van der Waals surface area contributed by atoms with Crippen molar-refractivity contribution in [3.63, 3.8) is 0 Å². The molecule has 1 aliphatic heterocycles. The molecule has 1 aromatic rings. The highest BCUT2D eigenvalue weighted by molar-refractivity contribution is 7.09. The molecule has 2 nitrogen and oxygen atoms in total. The first-order valence-corrected chi connectivity index (χ1v) is 5.91. The Labute approximate surface area is 82.4 Å². The monoisotopic (exact) mass is 194 g/mol. The van der Waals surface area contributed by atoms with Gasteiger partial charge in [-0.3, -0.25) is 0 Å². The largest absolute Gasteiger partial charge is 0.307 e. The molecule has 2 heterocycles. The van der Waals surface area contributed by atoms with Gasteiger partial charge in [-0.05, 0) is 12.8 Å². The van der Waals surface area contributed by atoms with Gasteiger partial charge in [0, 0.05) is 23.5 Å². The van der Waals surface area contributed by atoms with Crippen LogP contribution in [0.5, 0.6) is 0 Å². The number of aromatic nitrogens is 1. The topological polar surface area (TPSA) is 24.9 Å². The second-order valence-electron chi connectivity index (χ2n) is 4.25. The van der Waals surface area contributed by atoms with Crippen molar-refractivity contribution in [2.24, 2.45) is 5.41 Å². The fourth-order valence-electron chi connectivity index (χ4n) is 2.76. The summed E-state index contributed by atoms with van der Waals surface area (Å²) in [5, 5.41) is 6.91. The maximum Gasteiger partial charge on any atom is 0.110 e. The van der Waals surface area contributed by atoms with E-state index in [1.807, 2.05) is 6.20 Å². The summed E-state index contributed by atoms with van der Waals surface area (Å²) in [5.74, 6) is 0. The Morgan fingerprint density at radius 3 is 2.85 bits per heavy atom. The second kappa shape index (κ2) is 2.79. The van der Waals surface area contributed by atoms with E-state index < -0.39 is 0 Å². The van der Waals surface area contributed by atoms with Crippen LogP contribution in [0.4, 0.5) is 0 Å². The molecule has 70 valence electrons. The zero-order valence-electron chi connectivity index (χ0n) is 7.62. The molecule has 1 unspecified atom stereocenters. The van der Waals surface area contributed by atoms with Crippen LogP contribution in [0.3, 0.4) is 0 Å². The van der Waals surface area contributed by atoms with E-state index in [4.69, 9.17) is 0 Å². The van der Waals surface area contributed by atoms with Crippen molar-refractivity contribution in [2.75, 3.05) is 6.54 Å². The first-order valence-electron chi connectivity index (χ1n) is 5.04. The van der Waals surface area contributed by atoms with Crippen molar-refractivity contribution >= 4 is 11.3 Å². The molecule has 1 N–H and O–H groups in total. The van der Waals surface area contributed by atoms with Gasteiger partial charge in [0.05, 0.1) is 6.04 Å². The molecule has 1 saturated heterocycles. The van der Waals surface area contributed by atoms with E-state index in [1.165, 1.54) is 37.2 Å². The first-order chi connectivity index (χ1) is 6.41. The summed E-state index contributed by atoms with van der Waals surface area (Å²) in [6.45, 7) is 1.22. The molecule has 1 aliphatic carbocycles. The molecule has 0 aromatic carbocycles. The van der Waals surface area contributed by atoms with Crippen LogP contribution < -0.4 is 5.32 Å². The molecule has 2 aliphatic rings. The van der Waals surface area contributed by atoms with E-state index in [-0.39, 0.29) is 0 Å². The zero-order chi connectivity index (χ0) is 8.73. The molecule has 0 radical (unpaired) electrons. The van der Waals surface area contributed by atoms with E-state index in [1.54, 1.807) is 11.3 Å². The first kappa shape index (κ1) is 7.94. The van der Waals surface area contributed by atoms with Crippen LogP contribution in [-0.2, 0) is 0 Å². The Morgan fingerprint density at radius 1 is 1.46 bits per heavy atom. The van der Waals surface area contributed by atoms with Crippen LogP contribution in [-0.4, -0.2) is 11.5 Å². The predicted octanol–water partition coefficient (Wildman–Crippen LogP) is 2.35. The second-order valence-corrected chi connectivity index (χ2v) is 5.18. The van der Waals surface area contributed by atoms with Crippen molar-refractivity contribution in [1.82, 2.24) is 10.3 Å². The fraction of sp³-hybridized carbons (Fsp3) is 0.700. The Bertz CT molecular complexity index is 288. The minimum Gasteiger partial charge on any atom is -0.307 e. The number of nitrogens with zero attached hydrogens (tertiary/aromatic N) is 1. The lowest BCUT2D eigenvalue weighted by Crippen LogP contribution is -2.54. The Hall–Kier alpha value is -0.410. The van der Waals surface area contributed by atoms with Crippen molar-refractivity contribution in [3.8, 4) is 0 Å². The summed E-state index contributed by atoms with van der Waals surface area (Å²) in [6, 6.07) is 0.579. The van der Waals surface area contributed by atoms with E-state index in [0.717, 1.165) is 0 Å². The fourth-order valence-corrected chi connectivity index (χ4v) is 3.62. The van der Waals surface area contributed by atoms with Gasteiger partial charge in [0.2, 0.25) is 0 Å².